The lowest BCUT2D eigenvalue weighted by atomic mass is 10.3. The summed E-state index contributed by atoms with van der Waals surface area (Å²) in [6, 6.07) is 23.1. The van der Waals surface area contributed by atoms with Gasteiger partial charge in [0.25, 0.3) is 0 Å². The van der Waals surface area contributed by atoms with E-state index in [9.17, 15) is 4.79 Å². The lowest BCUT2D eigenvalue weighted by molar-refractivity contribution is -0.130. The summed E-state index contributed by atoms with van der Waals surface area (Å²) in [5.41, 5.74) is 0.362. The van der Waals surface area contributed by atoms with Crippen LogP contribution >= 0.6 is 23.2 Å². The van der Waals surface area contributed by atoms with Crippen LogP contribution in [-0.2, 0) is 15.7 Å². The van der Waals surface area contributed by atoms with Crippen molar-refractivity contribution in [2.45, 2.75) is 21.6 Å². The molecule has 0 heterocycles. The van der Waals surface area contributed by atoms with Gasteiger partial charge < -0.3 is 4.74 Å². The van der Waals surface area contributed by atoms with Crippen LogP contribution in [0, 0.1) is 0 Å². The number of hydrogen-bond donors (Lipinski definition) is 0. The van der Waals surface area contributed by atoms with E-state index < -0.39 is 5.97 Å². The summed E-state index contributed by atoms with van der Waals surface area (Å²) < 4.78 is 5.28. The molecule has 0 saturated heterocycles. The van der Waals surface area contributed by atoms with Gasteiger partial charge in [-0.3, -0.25) is 0 Å². The molecule has 3 rings (SSSR count). The van der Waals surface area contributed by atoms with Crippen molar-refractivity contribution in [3.63, 3.8) is 0 Å². The summed E-state index contributed by atoms with van der Waals surface area (Å²) >= 11 is 12.1. The fourth-order valence-electron chi connectivity index (χ4n) is 2.39. The van der Waals surface area contributed by atoms with Gasteiger partial charge in [-0.15, -0.1) is 0 Å². The van der Waals surface area contributed by atoms with Gasteiger partial charge in [0, 0.05) is 15.6 Å². The molecule has 0 aliphatic rings. The van der Waals surface area contributed by atoms with Crippen LogP contribution in [0.3, 0.4) is 0 Å². The first-order chi connectivity index (χ1) is 12.9. The Balaban J connectivity index is 1.97. The Morgan fingerprint density at radius 3 is 1.52 bits per heavy atom. The summed E-state index contributed by atoms with van der Waals surface area (Å²) in [5.74, 6) is 0.0552. The maximum absolute atomic E-state index is 11.7. The Kier molecular flexibility index (Phi) is 6.27. The summed E-state index contributed by atoms with van der Waals surface area (Å²) in [4.78, 5) is 15.1. The molecule has 0 fully saturated rings. The van der Waals surface area contributed by atoms with Crippen molar-refractivity contribution < 1.29 is 9.53 Å². The fraction of sp³-hybridized carbons (Fsp3) is 0.0455. The quantitative estimate of drug-likeness (QED) is 0.204. The number of carbonyl (C=O) groups excluding carboxylic acids is 1. The smallest absolute Gasteiger partial charge is 0.338 e. The summed E-state index contributed by atoms with van der Waals surface area (Å²) in [6.07, 6.45) is 0. The zero-order chi connectivity index (χ0) is 19.4. The summed E-state index contributed by atoms with van der Waals surface area (Å²) in [6.45, 7) is 5.22. The van der Waals surface area contributed by atoms with E-state index in [1.54, 1.807) is 19.1 Å². The highest BCUT2D eigenvalue weighted by Gasteiger charge is 2.28. The molecule has 136 valence electrons. The zero-order valence-electron chi connectivity index (χ0n) is 14.6. The van der Waals surface area contributed by atoms with Gasteiger partial charge in [-0.2, -0.15) is 0 Å². The van der Waals surface area contributed by atoms with E-state index in [1.807, 2.05) is 60.7 Å². The second-order valence-corrected chi connectivity index (χ2v) is 8.75. The molecule has 0 saturated carbocycles. The van der Waals surface area contributed by atoms with Crippen molar-refractivity contribution in [2.24, 2.45) is 0 Å². The zero-order valence-corrected chi connectivity index (χ0v) is 16.9. The van der Waals surface area contributed by atoms with Gasteiger partial charge in [-0.1, -0.05) is 29.8 Å². The Hall–Kier alpha value is -2.20. The molecule has 27 heavy (non-hydrogen) atoms. The van der Waals surface area contributed by atoms with Crippen molar-refractivity contribution in [3.8, 4) is 5.75 Å². The third-order valence-electron chi connectivity index (χ3n) is 3.72. The Morgan fingerprint density at radius 2 is 1.15 bits per heavy atom. The summed E-state index contributed by atoms with van der Waals surface area (Å²) in [7, 11) is -0.336. The monoisotopic (exact) mass is 415 g/mol. The van der Waals surface area contributed by atoms with Crippen LogP contribution in [-0.4, -0.2) is 5.97 Å². The predicted molar refractivity (Wildman–Crippen MR) is 112 cm³/mol. The number of hydrogen-bond acceptors (Lipinski definition) is 2. The molecule has 0 spiro atoms. The second kappa shape index (κ2) is 8.66. The third-order valence-corrected chi connectivity index (χ3v) is 6.45. The van der Waals surface area contributed by atoms with Crippen molar-refractivity contribution in [2.75, 3.05) is 0 Å². The molecule has 0 atom stereocenters. The highest BCUT2D eigenvalue weighted by atomic mass is 35.5. The van der Waals surface area contributed by atoms with E-state index in [1.165, 1.54) is 0 Å². The molecule has 0 aliphatic heterocycles. The average molecular weight is 416 g/mol. The van der Waals surface area contributed by atoms with Crippen LogP contribution in [0.1, 0.15) is 6.92 Å². The van der Waals surface area contributed by atoms with Gasteiger partial charge >= 0.3 is 5.97 Å². The van der Waals surface area contributed by atoms with Gasteiger partial charge in [-0.05, 0) is 79.7 Å². The summed E-state index contributed by atoms with van der Waals surface area (Å²) in [5, 5.41) is 1.39. The first-order valence-electron chi connectivity index (χ1n) is 8.17. The maximum atomic E-state index is 11.7. The SMILES string of the molecule is C=C(C)C(=O)Oc1ccc([S+](c2ccc(Cl)cc2)c2ccc(Cl)cc2)cc1. The molecule has 0 aliphatic carbocycles. The highest BCUT2D eigenvalue weighted by molar-refractivity contribution is 7.97. The molecule has 0 radical (unpaired) electrons. The highest BCUT2D eigenvalue weighted by Crippen LogP contribution is 2.33. The average Bonchev–Trinajstić information content (AvgIpc) is 2.66. The number of rotatable bonds is 5. The molecule has 0 N–H and O–H groups in total. The number of benzene rings is 3. The number of esters is 1. The van der Waals surface area contributed by atoms with E-state index >= 15 is 0 Å². The first-order valence-corrected chi connectivity index (χ1v) is 10.2. The standard InChI is InChI=1S/C22H17Cl2O2S/c1-15(2)22(25)26-18-7-13-21(14-8-18)27(19-9-3-16(23)4-10-19)20-11-5-17(24)6-12-20/h3-14H,1H2,2H3/q+1. The molecule has 0 amide bonds. The molecular formula is C22H17Cl2O2S+. The van der Waals surface area contributed by atoms with E-state index in [0.717, 1.165) is 14.7 Å². The number of carbonyl (C=O) groups is 1. The van der Waals surface area contributed by atoms with Crippen LogP contribution in [0.2, 0.25) is 10.0 Å². The van der Waals surface area contributed by atoms with Crippen LogP contribution in [0.15, 0.2) is 99.6 Å². The van der Waals surface area contributed by atoms with Crippen molar-refractivity contribution in [1.29, 1.82) is 0 Å². The molecule has 0 aromatic heterocycles. The minimum Gasteiger partial charge on any atom is -0.423 e. The topological polar surface area (TPSA) is 26.3 Å². The predicted octanol–water partition coefficient (Wildman–Crippen LogP) is 6.57. The van der Waals surface area contributed by atoms with Crippen LogP contribution in [0.5, 0.6) is 5.75 Å². The van der Waals surface area contributed by atoms with Crippen molar-refractivity contribution >= 4 is 40.1 Å². The van der Waals surface area contributed by atoms with Crippen LogP contribution in [0.25, 0.3) is 0 Å². The molecule has 0 unspecified atom stereocenters. The van der Waals surface area contributed by atoms with Crippen molar-refractivity contribution in [1.82, 2.24) is 0 Å². The first kappa shape index (κ1) is 19.6. The molecule has 3 aromatic rings. The molecule has 0 bridgehead atoms. The minimum atomic E-state index is -0.433. The van der Waals surface area contributed by atoms with Gasteiger partial charge in [-0.25, -0.2) is 4.79 Å². The van der Waals surface area contributed by atoms with E-state index in [-0.39, 0.29) is 10.9 Å². The van der Waals surface area contributed by atoms with Gasteiger partial charge in [0.2, 0.25) is 0 Å². The normalized spacial score (nSPS) is 10.7. The maximum Gasteiger partial charge on any atom is 0.338 e. The van der Waals surface area contributed by atoms with Gasteiger partial charge in [0.15, 0.2) is 14.7 Å². The van der Waals surface area contributed by atoms with Crippen molar-refractivity contribution in [3.05, 3.63) is 95.0 Å². The van der Waals surface area contributed by atoms with Gasteiger partial charge in [0.05, 0.1) is 10.9 Å². The van der Waals surface area contributed by atoms with E-state index in [4.69, 9.17) is 27.9 Å². The third kappa shape index (κ3) is 4.95. The Bertz CT molecular complexity index is 904. The lowest BCUT2D eigenvalue weighted by Crippen LogP contribution is -2.09. The van der Waals surface area contributed by atoms with Crippen LogP contribution in [0.4, 0.5) is 0 Å². The largest absolute Gasteiger partial charge is 0.423 e. The number of ether oxygens (including phenoxy) is 1. The number of halogens is 2. The minimum absolute atomic E-state index is 0.336. The van der Waals surface area contributed by atoms with E-state index in [2.05, 4.69) is 6.58 Å². The Labute approximate surface area is 171 Å². The Morgan fingerprint density at radius 1 is 0.778 bits per heavy atom. The molecule has 5 heteroatoms. The van der Waals surface area contributed by atoms with Crippen LogP contribution < -0.4 is 4.74 Å². The lowest BCUT2D eigenvalue weighted by Gasteiger charge is -2.09. The second-order valence-electron chi connectivity index (χ2n) is 5.86. The molecule has 3 aromatic carbocycles. The van der Waals surface area contributed by atoms with Gasteiger partial charge in [0.1, 0.15) is 5.75 Å². The fourth-order valence-corrected chi connectivity index (χ4v) is 4.68. The molecular weight excluding hydrogens is 399 g/mol. The van der Waals surface area contributed by atoms with E-state index in [0.29, 0.717) is 21.4 Å². The molecule has 2 nitrogen and oxygen atoms in total.